The summed E-state index contributed by atoms with van der Waals surface area (Å²) in [7, 11) is 0. The molecule has 2 rings (SSSR count). The summed E-state index contributed by atoms with van der Waals surface area (Å²) in [5.41, 5.74) is -0.114. The molecule has 2 aromatic rings. The van der Waals surface area contributed by atoms with E-state index in [0.717, 1.165) is 0 Å². The lowest BCUT2D eigenvalue weighted by Gasteiger charge is -2.10. The Kier molecular flexibility index (Phi) is 5.73. The molecule has 0 fully saturated rings. The van der Waals surface area contributed by atoms with Crippen molar-refractivity contribution in [2.75, 3.05) is 5.32 Å². The van der Waals surface area contributed by atoms with Crippen LogP contribution in [0, 0.1) is 10.1 Å². The fourth-order valence-electron chi connectivity index (χ4n) is 2.02. The number of nitrogens with zero attached hydrogens (tertiary/aromatic N) is 3. The second-order valence-corrected chi connectivity index (χ2v) is 6.99. The Bertz CT molecular complexity index is 783. The molecule has 0 saturated carbocycles. The molecule has 1 N–H and O–H groups in total. The predicted octanol–water partition coefficient (Wildman–Crippen LogP) is 3.89. The molecule has 0 atom stereocenters. The highest BCUT2D eigenvalue weighted by molar-refractivity contribution is 6.32. The minimum atomic E-state index is -0.597. The SMILES string of the molecule is CC(C)(C)c1noc(CCCC(=O)Nc2ccc(Cl)c([N+](=O)[O-])c2)n1. The summed E-state index contributed by atoms with van der Waals surface area (Å²) in [5, 5.41) is 17.4. The quantitative estimate of drug-likeness (QED) is 0.613. The van der Waals surface area contributed by atoms with Crippen molar-refractivity contribution < 1.29 is 14.2 Å². The van der Waals surface area contributed by atoms with Crippen molar-refractivity contribution in [2.24, 2.45) is 0 Å². The highest BCUT2D eigenvalue weighted by atomic mass is 35.5. The fourth-order valence-corrected chi connectivity index (χ4v) is 2.20. The van der Waals surface area contributed by atoms with Gasteiger partial charge in [0.2, 0.25) is 11.8 Å². The van der Waals surface area contributed by atoms with Gasteiger partial charge in [-0.15, -0.1) is 0 Å². The van der Waals surface area contributed by atoms with E-state index in [1.807, 2.05) is 20.8 Å². The minimum Gasteiger partial charge on any atom is -0.339 e. The molecular formula is C16H19ClN4O4. The van der Waals surface area contributed by atoms with Gasteiger partial charge in [0, 0.05) is 30.0 Å². The number of nitro benzene ring substituents is 1. The molecule has 0 aliphatic heterocycles. The van der Waals surface area contributed by atoms with Gasteiger partial charge in [-0.1, -0.05) is 37.5 Å². The van der Waals surface area contributed by atoms with E-state index in [0.29, 0.717) is 30.2 Å². The molecular weight excluding hydrogens is 348 g/mol. The maximum atomic E-state index is 12.0. The molecule has 0 bridgehead atoms. The first-order valence-corrected chi connectivity index (χ1v) is 8.11. The van der Waals surface area contributed by atoms with Gasteiger partial charge in [-0.2, -0.15) is 4.98 Å². The summed E-state index contributed by atoms with van der Waals surface area (Å²) in [5.74, 6) is 0.854. The first-order valence-electron chi connectivity index (χ1n) is 7.73. The predicted molar refractivity (Wildman–Crippen MR) is 92.7 cm³/mol. The van der Waals surface area contributed by atoms with Gasteiger partial charge in [0.15, 0.2) is 5.82 Å². The number of amides is 1. The lowest BCUT2D eigenvalue weighted by molar-refractivity contribution is -0.384. The summed E-state index contributed by atoms with van der Waals surface area (Å²) < 4.78 is 5.16. The molecule has 0 spiro atoms. The van der Waals surface area contributed by atoms with E-state index in [9.17, 15) is 14.9 Å². The molecule has 25 heavy (non-hydrogen) atoms. The van der Waals surface area contributed by atoms with Crippen LogP contribution >= 0.6 is 11.6 Å². The molecule has 134 valence electrons. The highest BCUT2D eigenvalue weighted by Crippen LogP contribution is 2.27. The van der Waals surface area contributed by atoms with E-state index in [4.69, 9.17) is 16.1 Å². The third kappa shape index (κ3) is 5.25. The molecule has 1 aromatic carbocycles. The largest absolute Gasteiger partial charge is 0.339 e. The van der Waals surface area contributed by atoms with E-state index in [1.165, 1.54) is 18.2 Å². The maximum Gasteiger partial charge on any atom is 0.289 e. The van der Waals surface area contributed by atoms with Gasteiger partial charge in [-0.05, 0) is 18.6 Å². The Hall–Kier alpha value is -2.48. The topological polar surface area (TPSA) is 111 Å². The summed E-state index contributed by atoms with van der Waals surface area (Å²) >= 11 is 5.74. The van der Waals surface area contributed by atoms with Gasteiger partial charge in [0.1, 0.15) is 5.02 Å². The number of aromatic nitrogens is 2. The molecule has 9 heteroatoms. The van der Waals surface area contributed by atoms with Gasteiger partial charge < -0.3 is 9.84 Å². The molecule has 1 amide bonds. The maximum absolute atomic E-state index is 12.0. The van der Waals surface area contributed by atoms with Crippen LogP contribution < -0.4 is 5.32 Å². The van der Waals surface area contributed by atoms with Crippen molar-refractivity contribution in [3.8, 4) is 0 Å². The molecule has 0 radical (unpaired) electrons. The summed E-state index contributed by atoms with van der Waals surface area (Å²) in [6.07, 6.45) is 1.23. The number of aryl methyl sites for hydroxylation is 1. The zero-order valence-corrected chi connectivity index (χ0v) is 15.0. The van der Waals surface area contributed by atoms with Crippen LogP contribution in [0.4, 0.5) is 11.4 Å². The van der Waals surface area contributed by atoms with Crippen molar-refractivity contribution in [2.45, 2.75) is 45.4 Å². The van der Waals surface area contributed by atoms with Crippen LogP contribution in [0.25, 0.3) is 0 Å². The van der Waals surface area contributed by atoms with Crippen LogP contribution in [-0.2, 0) is 16.6 Å². The fraction of sp³-hybridized carbons (Fsp3) is 0.438. The number of rotatable bonds is 6. The van der Waals surface area contributed by atoms with Gasteiger partial charge in [0.25, 0.3) is 5.69 Å². The van der Waals surface area contributed by atoms with E-state index < -0.39 is 4.92 Å². The first-order chi connectivity index (χ1) is 11.7. The number of carbonyl (C=O) groups is 1. The third-order valence-electron chi connectivity index (χ3n) is 3.36. The number of carbonyl (C=O) groups excluding carboxylic acids is 1. The second-order valence-electron chi connectivity index (χ2n) is 6.59. The zero-order valence-electron chi connectivity index (χ0n) is 14.2. The monoisotopic (exact) mass is 366 g/mol. The Morgan fingerprint density at radius 2 is 2.12 bits per heavy atom. The normalized spacial score (nSPS) is 11.4. The van der Waals surface area contributed by atoms with Crippen LogP contribution in [0.5, 0.6) is 0 Å². The average Bonchev–Trinajstić information content (AvgIpc) is 2.98. The van der Waals surface area contributed by atoms with Crippen molar-refractivity contribution in [1.29, 1.82) is 0 Å². The van der Waals surface area contributed by atoms with Crippen molar-refractivity contribution in [3.63, 3.8) is 0 Å². The number of nitrogens with one attached hydrogen (secondary N) is 1. The van der Waals surface area contributed by atoms with Crippen LogP contribution in [0.15, 0.2) is 22.7 Å². The smallest absolute Gasteiger partial charge is 0.289 e. The highest BCUT2D eigenvalue weighted by Gasteiger charge is 2.21. The zero-order chi connectivity index (χ0) is 18.6. The summed E-state index contributed by atoms with van der Waals surface area (Å²) in [4.78, 5) is 26.5. The molecule has 0 unspecified atom stereocenters. The first kappa shape index (κ1) is 18.9. The molecule has 0 aliphatic carbocycles. The number of halogens is 1. The van der Waals surface area contributed by atoms with Crippen LogP contribution in [0.1, 0.15) is 45.3 Å². The lowest BCUT2D eigenvalue weighted by Crippen LogP contribution is -2.13. The second kappa shape index (κ2) is 7.60. The molecule has 0 saturated heterocycles. The third-order valence-corrected chi connectivity index (χ3v) is 3.68. The van der Waals surface area contributed by atoms with E-state index in [2.05, 4.69) is 15.5 Å². The number of nitro groups is 1. The van der Waals surface area contributed by atoms with E-state index in [1.54, 1.807) is 0 Å². The number of hydrogen-bond acceptors (Lipinski definition) is 6. The summed E-state index contributed by atoms with van der Waals surface area (Å²) in [6.45, 7) is 5.96. The molecule has 8 nitrogen and oxygen atoms in total. The van der Waals surface area contributed by atoms with E-state index >= 15 is 0 Å². The van der Waals surface area contributed by atoms with Crippen molar-refractivity contribution in [3.05, 3.63) is 45.1 Å². The Morgan fingerprint density at radius 1 is 1.40 bits per heavy atom. The van der Waals surface area contributed by atoms with Gasteiger partial charge in [-0.3, -0.25) is 14.9 Å². The van der Waals surface area contributed by atoms with Gasteiger partial charge in [-0.25, -0.2) is 0 Å². The van der Waals surface area contributed by atoms with Crippen molar-refractivity contribution >= 4 is 28.9 Å². The van der Waals surface area contributed by atoms with Crippen LogP contribution in [0.2, 0.25) is 5.02 Å². The lowest BCUT2D eigenvalue weighted by atomic mass is 9.96. The van der Waals surface area contributed by atoms with Crippen LogP contribution in [0.3, 0.4) is 0 Å². The molecule has 1 heterocycles. The Morgan fingerprint density at radius 3 is 2.72 bits per heavy atom. The number of benzene rings is 1. The van der Waals surface area contributed by atoms with E-state index in [-0.39, 0.29) is 28.5 Å². The molecule has 1 aromatic heterocycles. The average molecular weight is 367 g/mol. The van der Waals surface area contributed by atoms with Crippen LogP contribution in [-0.4, -0.2) is 21.0 Å². The van der Waals surface area contributed by atoms with Gasteiger partial charge in [0.05, 0.1) is 4.92 Å². The standard InChI is InChI=1S/C16H19ClN4O4/c1-16(2,3)15-19-14(25-20-15)6-4-5-13(22)18-10-7-8-11(17)12(9-10)21(23)24/h7-9H,4-6H2,1-3H3,(H,18,22). The number of hydrogen-bond donors (Lipinski definition) is 1. The summed E-state index contributed by atoms with van der Waals surface area (Å²) in [6, 6.07) is 4.12. The number of anilines is 1. The van der Waals surface area contributed by atoms with Crippen molar-refractivity contribution in [1.82, 2.24) is 10.1 Å². The van der Waals surface area contributed by atoms with Gasteiger partial charge >= 0.3 is 0 Å². The minimum absolute atomic E-state index is 0.0223. The molecule has 0 aliphatic rings. The Balaban J connectivity index is 1.86. The Labute approximate surface area is 149 Å².